The summed E-state index contributed by atoms with van der Waals surface area (Å²) in [5.74, 6) is -0.687. The van der Waals surface area contributed by atoms with Crippen LogP contribution < -0.4 is 0 Å². The maximum absolute atomic E-state index is 11.8. The SMILES string of the molecule is C=CC(=O)N1CCN(OC(=O)N2CCCC2)C(=O)C1. The van der Waals surface area contributed by atoms with Crippen LogP contribution in [0.15, 0.2) is 12.7 Å². The highest BCUT2D eigenvalue weighted by Gasteiger charge is 2.30. The predicted molar refractivity (Wildman–Crippen MR) is 65.8 cm³/mol. The van der Waals surface area contributed by atoms with Gasteiger partial charge in [0.25, 0.3) is 5.91 Å². The smallest absolute Gasteiger partial charge is 0.328 e. The standard InChI is InChI=1S/C12H17N3O4/c1-2-10(16)14-7-8-15(11(17)9-14)19-12(18)13-5-3-4-6-13/h2H,1,3-9H2. The van der Waals surface area contributed by atoms with Crippen LogP contribution >= 0.6 is 0 Å². The van der Waals surface area contributed by atoms with Crippen molar-refractivity contribution in [2.45, 2.75) is 12.8 Å². The van der Waals surface area contributed by atoms with E-state index in [-0.39, 0.29) is 19.0 Å². The zero-order chi connectivity index (χ0) is 13.8. The molecule has 2 saturated heterocycles. The summed E-state index contributed by atoms with van der Waals surface area (Å²) in [7, 11) is 0. The number of piperazine rings is 1. The van der Waals surface area contributed by atoms with Crippen LogP contribution in [0, 0.1) is 0 Å². The maximum Gasteiger partial charge on any atom is 0.434 e. The molecule has 3 amide bonds. The van der Waals surface area contributed by atoms with E-state index >= 15 is 0 Å². The lowest BCUT2D eigenvalue weighted by molar-refractivity contribution is -0.178. The van der Waals surface area contributed by atoms with Gasteiger partial charge in [0.1, 0.15) is 6.54 Å². The molecule has 2 rings (SSSR count). The minimum Gasteiger partial charge on any atom is -0.328 e. The molecular weight excluding hydrogens is 250 g/mol. The van der Waals surface area contributed by atoms with Crippen molar-refractivity contribution in [3.8, 4) is 0 Å². The van der Waals surface area contributed by atoms with Crippen molar-refractivity contribution >= 4 is 17.9 Å². The van der Waals surface area contributed by atoms with E-state index in [0.29, 0.717) is 19.6 Å². The first-order valence-corrected chi connectivity index (χ1v) is 6.30. The van der Waals surface area contributed by atoms with E-state index in [1.807, 2.05) is 0 Å². The van der Waals surface area contributed by atoms with E-state index in [9.17, 15) is 14.4 Å². The van der Waals surface area contributed by atoms with Gasteiger partial charge in [-0.05, 0) is 18.9 Å². The molecule has 7 nitrogen and oxygen atoms in total. The van der Waals surface area contributed by atoms with Crippen molar-refractivity contribution in [3.63, 3.8) is 0 Å². The van der Waals surface area contributed by atoms with Crippen molar-refractivity contribution in [1.82, 2.24) is 14.9 Å². The normalized spacial score (nSPS) is 19.6. The van der Waals surface area contributed by atoms with Crippen molar-refractivity contribution < 1.29 is 19.2 Å². The zero-order valence-electron chi connectivity index (χ0n) is 10.7. The molecule has 0 bridgehead atoms. The third kappa shape index (κ3) is 3.04. The predicted octanol–water partition coefficient (Wildman–Crippen LogP) is -0.00940. The van der Waals surface area contributed by atoms with Crippen LogP contribution in [0.2, 0.25) is 0 Å². The van der Waals surface area contributed by atoms with Crippen molar-refractivity contribution in [3.05, 3.63) is 12.7 Å². The first-order chi connectivity index (χ1) is 9.11. The van der Waals surface area contributed by atoms with Crippen LogP contribution in [0.4, 0.5) is 4.79 Å². The van der Waals surface area contributed by atoms with Gasteiger partial charge in [-0.1, -0.05) is 6.58 Å². The molecule has 2 aliphatic heterocycles. The molecule has 0 atom stereocenters. The van der Waals surface area contributed by atoms with Gasteiger partial charge in [-0.25, -0.2) is 4.79 Å². The third-order valence-corrected chi connectivity index (χ3v) is 3.22. The summed E-state index contributed by atoms with van der Waals surface area (Å²) in [6.07, 6.45) is 2.60. The summed E-state index contributed by atoms with van der Waals surface area (Å²) in [6.45, 7) is 5.15. The summed E-state index contributed by atoms with van der Waals surface area (Å²) >= 11 is 0. The van der Waals surface area contributed by atoms with Gasteiger partial charge in [0.2, 0.25) is 5.91 Å². The molecule has 104 valence electrons. The first-order valence-electron chi connectivity index (χ1n) is 6.30. The Morgan fingerprint density at radius 3 is 2.37 bits per heavy atom. The van der Waals surface area contributed by atoms with Crippen LogP contribution in [0.1, 0.15) is 12.8 Å². The summed E-state index contributed by atoms with van der Waals surface area (Å²) in [5, 5.41) is 1.04. The molecule has 0 N–H and O–H groups in total. The number of carbonyl (C=O) groups excluding carboxylic acids is 3. The maximum atomic E-state index is 11.8. The Balaban J connectivity index is 1.86. The molecule has 0 radical (unpaired) electrons. The average Bonchev–Trinajstić information content (AvgIpc) is 2.94. The second-order valence-electron chi connectivity index (χ2n) is 4.51. The largest absolute Gasteiger partial charge is 0.434 e. The Hall–Kier alpha value is -2.05. The molecule has 0 aliphatic carbocycles. The van der Waals surface area contributed by atoms with Gasteiger partial charge in [-0.2, -0.15) is 5.06 Å². The molecule has 0 unspecified atom stereocenters. The Morgan fingerprint density at radius 1 is 1.11 bits per heavy atom. The summed E-state index contributed by atoms with van der Waals surface area (Å²) in [6, 6.07) is 0. The van der Waals surface area contributed by atoms with Gasteiger partial charge in [0, 0.05) is 19.6 Å². The summed E-state index contributed by atoms with van der Waals surface area (Å²) in [4.78, 5) is 42.9. The number of nitrogens with zero attached hydrogens (tertiary/aromatic N) is 3. The van der Waals surface area contributed by atoms with Crippen LogP contribution in [0.5, 0.6) is 0 Å². The Morgan fingerprint density at radius 2 is 1.79 bits per heavy atom. The van der Waals surface area contributed by atoms with Crippen LogP contribution in [0.25, 0.3) is 0 Å². The number of hydroxylamine groups is 2. The third-order valence-electron chi connectivity index (χ3n) is 3.22. The Kier molecular flexibility index (Phi) is 4.03. The van der Waals surface area contributed by atoms with Crippen LogP contribution in [-0.4, -0.2) is 65.5 Å². The summed E-state index contributed by atoms with van der Waals surface area (Å²) in [5.41, 5.74) is 0. The highest BCUT2D eigenvalue weighted by atomic mass is 16.7. The fraction of sp³-hybridized carbons (Fsp3) is 0.583. The zero-order valence-corrected chi connectivity index (χ0v) is 10.7. The van der Waals surface area contributed by atoms with E-state index in [0.717, 1.165) is 17.9 Å². The monoisotopic (exact) mass is 267 g/mol. The Bertz CT molecular complexity index is 404. The molecule has 0 aromatic heterocycles. The van der Waals surface area contributed by atoms with Crippen LogP contribution in [0.3, 0.4) is 0 Å². The van der Waals surface area contributed by atoms with Gasteiger partial charge in [0.05, 0.1) is 6.54 Å². The van der Waals surface area contributed by atoms with Gasteiger partial charge in [-0.3, -0.25) is 9.59 Å². The van der Waals surface area contributed by atoms with E-state index in [1.165, 1.54) is 11.0 Å². The lowest BCUT2D eigenvalue weighted by Gasteiger charge is -2.32. The van der Waals surface area contributed by atoms with Gasteiger partial charge >= 0.3 is 6.09 Å². The minimum atomic E-state index is -0.491. The van der Waals surface area contributed by atoms with E-state index in [4.69, 9.17) is 4.84 Å². The minimum absolute atomic E-state index is 0.0852. The fourth-order valence-electron chi connectivity index (χ4n) is 2.12. The molecule has 0 saturated carbocycles. The topological polar surface area (TPSA) is 70.2 Å². The van der Waals surface area contributed by atoms with E-state index in [1.54, 1.807) is 4.90 Å². The molecule has 7 heteroatoms. The molecule has 0 aromatic carbocycles. The van der Waals surface area contributed by atoms with Gasteiger partial charge in [0.15, 0.2) is 0 Å². The lowest BCUT2D eigenvalue weighted by Crippen LogP contribution is -2.53. The van der Waals surface area contributed by atoms with Crippen molar-refractivity contribution in [2.24, 2.45) is 0 Å². The molecule has 0 spiro atoms. The highest BCUT2D eigenvalue weighted by Crippen LogP contribution is 2.11. The van der Waals surface area contributed by atoms with Crippen molar-refractivity contribution in [1.29, 1.82) is 0 Å². The average molecular weight is 267 g/mol. The van der Waals surface area contributed by atoms with Crippen LogP contribution in [-0.2, 0) is 14.4 Å². The van der Waals surface area contributed by atoms with Gasteiger partial charge in [-0.15, -0.1) is 0 Å². The fourth-order valence-corrected chi connectivity index (χ4v) is 2.12. The number of hydrogen-bond donors (Lipinski definition) is 0. The van der Waals surface area contributed by atoms with E-state index in [2.05, 4.69) is 6.58 Å². The second-order valence-corrected chi connectivity index (χ2v) is 4.51. The molecule has 19 heavy (non-hydrogen) atoms. The second kappa shape index (κ2) is 5.73. The Labute approximate surface area is 111 Å². The van der Waals surface area contributed by atoms with E-state index < -0.39 is 12.0 Å². The quantitative estimate of drug-likeness (QED) is 0.660. The number of hydrogen-bond acceptors (Lipinski definition) is 4. The number of carbonyl (C=O) groups is 3. The lowest BCUT2D eigenvalue weighted by atomic mass is 10.3. The first kappa shape index (κ1) is 13.4. The van der Waals surface area contributed by atoms with Gasteiger partial charge < -0.3 is 14.6 Å². The molecule has 2 fully saturated rings. The number of rotatable bonds is 2. The molecular formula is C12H17N3O4. The molecule has 2 aliphatic rings. The number of amides is 3. The number of likely N-dealkylation sites (tertiary alicyclic amines) is 1. The summed E-state index contributed by atoms with van der Waals surface area (Å²) < 4.78 is 0. The molecule has 0 aromatic rings. The molecule has 2 heterocycles. The highest BCUT2D eigenvalue weighted by molar-refractivity contribution is 5.91. The van der Waals surface area contributed by atoms with Crippen molar-refractivity contribution in [2.75, 3.05) is 32.7 Å².